The number of nitrogens with zero attached hydrogens (tertiary/aromatic N) is 3. The number of fused-ring (bicyclic) bond motifs is 1. The summed E-state index contributed by atoms with van der Waals surface area (Å²) >= 11 is 1.45. The Kier molecular flexibility index (Phi) is 5.40. The van der Waals surface area contributed by atoms with Gasteiger partial charge in [-0.3, -0.25) is 0 Å². The van der Waals surface area contributed by atoms with Crippen molar-refractivity contribution >= 4 is 37.4 Å². The van der Waals surface area contributed by atoms with Crippen LogP contribution in [0.4, 0.5) is 5.82 Å². The highest BCUT2D eigenvalue weighted by Gasteiger charge is 2.33. The fourth-order valence-corrected chi connectivity index (χ4v) is 7.39. The van der Waals surface area contributed by atoms with E-state index in [2.05, 4.69) is 22.2 Å². The molecule has 2 fully saturated rings. The zero-order chi connectivity index (χ0) is 19.0. The van der Waals surface area contributed by atoms with Gasteiger partial charge in [0.25, 0.3) is 0 Å². The summed E-state index contributed by atoms with van der Waals surface area (Å²) < 4.78 is 28.6. The topological polar surface area (TPSA) is 75.2 Å². The van der Waals surface area contributed by atoms with E-state index in [1.807, 2.05) is 6.92 Å². The second kappa shape index (κ2) is 7.64. The normalized spacial score (nSPS) is 21.0. The summed E-state index contributed by atoms with van der Waals surface area (Å²) in [4.78, 5) is 10.8. The zero-order valence-electron chi connectivity index (χ0n) is 16.1. The average molecular weight is 409 g/mol. The zero-order valence-corrected chi connectivity index (χ0v) is 17.7. The van der Waals surface area contributed by atoms with Gasteiger partial charge < -0.3 is 5.32 Å². The third-order valence-corrected chi connectivity index (χ3v) is 9.11. The number of piperidine rings is 1. The molecule has 0 amide bonds. The van der Waals surface area contributed by atoms with Crippen molar-refractivity contribution in [1.82, 2.24) is 14.3 Å². The van der Waals surface area contributed by atoms with Crippen molar-refractivity contribution in [2.45, 2.75) is 69.7 Å². The molecule has 1 saturated heterocycles. The first-order chi connectivity index (χ1) is 13.0. The van der Waals surface area contributed by atoms with E-state index in [1.165, 1.54) is 30.6 Å². The van der Waals surface area contributed by atoms with Gasteiger partial charge in [0.1, 0.15) is 21.9 Å². The Morgan fingerprint density at radius 1 is 1.11 bits per heavy atom. The van der Waals surface area contributed by atoms with Gasteiger partial charge in [-0.15, -0.1) is 11.3 Å². The Bertz CT molecular complexity index is 911. The molecule has 4 rings (SSSR count). The number of anilines is 1. The predicted octanol–water partition coefficient (Wildman–Crippen LogP) is 4.16. The van der Waals surface area contributed by atoms with Crippen molar-refractivity contribution in [3.63, 3.8) is 0 Å². The molecule has 0 aromatic carbocycles. The lowest BCUT2D eigenvalue weighted by Crippen LogP contribution is -2.38. The van der Waals surface area contributed by atoms with Gasteiger partial charge in [-0.1, -0.05) is 26.2 Å². The van der Waals surface area contributed by atoms with Crippen LogP contribution in [-0.4, -0.2) is 41.8 Å². The van der Waals surface area contributed by atoms with Crippen molar-refractivity contribution < 1.29 is 8.42 Å². The largest absolute Gasteiger partial charge is 0.367 e. The molecule has 0 spiro atoms. The highest BCUT2D eigenvalue weighted by molar-refractivity contribution is 7.89. The standard InChI is InChI=1S/C19H28N4O2S2/c1-13-8-10-23(11-9-13)27(24,25)17-14(2)26-19-16(17)18(20-12-21-19)22-15-6-4-3-5-7-15/h12-13,15H,3-11H2,1-2H3,(H,20,21,22). The van der Waals surface area contributed by atoms with Crippen molar-refractivity contribution in [3.8, 4) is 0 Å². The van der Waals surface area contributed by atoms with E-state index in [9.17, 15) is 8.42 Å². The third-order valence-electron chi connectivity index (χ3n) is 5.90. The maximum Gasteiger partial charge on any atom is 0.244 e. The SMILES string of the molecule is Cc1sc2ncnc(NC3CCCCC3)c2c1S(=O)(=O)N1CCC(C)CC1. The molecular formula is C19H28N4O2S2. The minimum Gasteiger partial charge on any atom is -0.367 e. The molecule has 1 aliphatic carbocycles. The number of hydrogen-bond acceptors (Lipinski definition) is 6. The molecule has 2 aliphatic rings. The molecule has 0 bridgehead atoms. The van der Waals surface area contributed by atoms with Crippen LogP contribution >= 0.6 is 11.3 Å². The maximum absolute atomic E-state index is 13.5. The van der Waals surface area contributed by atoms with Gasteiger partial charge in [-0.2, -0.15) is 4.31 Å². The first-order valence-corrected chi connectivity index (χ1v) is 12.2. The number of sulfonamides is 1. The smallest absolute Gasteiger partial charge is 0.244 e. The Morgan fingerprint density at radius 3 is 2.52 bits per heavy atom. The highest BCUT2D eigenvalue weighted by atomic mass is 32.2. The van der Waals surface area contributed by atoms with Crippen molar-refractivity contribution in [2.75, 3.05) is 18.4 Å². The summed E-state index contributed by atoms with van der Waals surface area (Å²) in [6.45, 7) is 5.27. The Hall–Kier alpha value is -1.25. The number of aryl methyl sites for hydroxylation is 1. The molecule has 1 N–H and O–H groups in total. The van der Waals surface area contributed by atoms with E-state index in [0.717, 1.165) is 35.4 Å². The summed E-state index contributed by atoms with van der Waals surface area (Å²) in [7, 11) is -3.54. The number of thiophene rings is 1. The molecule has 1 saturated carbocycles. The van der Waals surface area contributed by atoms with E-state index in [-0.39, 0.29) is 0 Å². The molecule has 6 nitrogen and oxygen atoms in total. The van der Waals surface area contributed by atoms with E-state index in [4.69, 9.17) is 0 Å². The van der Waals surface area contributed by atoms with Crippen LogP contribution in [0.15, 0.2) is 11.2 Å². The van der Waals surface area contributed by atoms with Gasteiger partial charge in [0.05, 0.1) is 5.39 Å². The lowest BCUT2D eigenvalue weighted by molar-refractivity contribution is 0.288. The quantitative estimate of drug-likeness (QED) is 0.822. The van der Waals surface area contributed by atoms with Gasteiger partial charge >= 0.3 is 0 Å². The third kappa shape index (κ3) is 3.71. The van der Waals surface area contributed by atoms with Crippen LogP contribution in [0.2, 0.25) is 0 Å². The number of nitrogens with one attached hydrogen (secondary N) is 1. The van der Waals surface area contributed by atoms with Gasteiger partial charge in [0.2, 0.25) is 10.0 Å². The highest BCUT2D eigenvalue weighted by Crippen LogP contribution is 2.39. The summed E-state index contributed by atoms with van der Waals surface area (Å²) in [5.41, 5.74) is 0. The van der Waals surface area contributed by atoms with Crippen LogP contribution in [-0.2, 0) is 10.0 Å². The molecule has 27 heavy (non-hydrogen) atoms. The van der Waals surface area contributed by atoms with Crippen molar-refractivity contribution in [2.24, 2.45) is 5.92 Å². The Morgan fingerprint density at radius 2 is 1.81 bits per heavy atom. The Balaban J connectivity index is 1.74. The van der Waals surface area contributed by atoms with Crippen LogP contribution in [0.5, 0.6) is 0 Å². The van der Waals surface area contributed by atoms with Crippen LogP contribution in [0.25, 0.3) is 10.2 Å². The number of aromatic nitrogens is 2. The molecule has 3 heterocycles. The second-order valence-corrected chi connectivity index (χ2v) is 11.0. The van der Waals surface area contributed by atoms with E-state index in [1.54, 1.807) is 10.6 Å². The minimum atomic E-state index is -3.54. The van der Waals surface area contributed by atoms with Gasteiger partial charge in [0, 0.05) is 24.0 Å². The van der Waals surface area contributed by atoms with Crippen molar-refractivity contribution in [3.05, 3.63) is 11.2 Å². The first kappa shape index (κ1) is 19.1. The molecule has 0 atom stereocenters. The molecule has 0 unspecified atom stereocenters. The predicted molar refractivity (Wildman–Crippen MR) is 110 cm³/mol. The van der Waals surface area contributed by atoms with Gasteiger partial charge in [-0.25, -0.2) is 18.4 Å². The van der Waals surface area contributed by atoms with Gasteiger partial charge in [0.15, 0.2) is 0 Å². The van der Waals surface area contributed by atoms with E-state index in [0.29, 0.717) is 41.1 Å². The summed E-state index contributed by atoms with van der Waals surface area (Å²) in [6.07, 6.45) is 9.32. The fourth-order valence-electron chi connectivity index (χ4n) is 4.23. The van der Waals surface area contributed by atoms with E-state index < -0.39 is 10.0 Å². The monoisotopic (exact) mass is 408 g/mol. The molecule has 2 aromatic rings. The van der Waals surface area contributed by atoms with Crippen LogP contribution in [0, 0.1) is 12.8 Å². The average Bonchev–Trinajstić information content (AvgIpc) is 3.00. The van der Waals surface area contributed by atoms with E-state index >= 15 is 0 Å². The lowest BCUT2D eigenvalue weighted by Gasteiger charge is -2.29. The summed E-state index contributed by atoms with van der Waals surface area (Å²) in [6, 6.07) is 0.364. The van der Waals surface area contributed by atoms with Crippen LogP contribution in [0.1, 0.15) is 56.7 Å². The molecular weight excluding hydrogens is 380 g/mol. The van der Waals surface area contributed by atoms with Crippen molar-refractivity contribution in [1.29, 1.82) is 0 Å². The Labute approximate surface area is 165 Å². The van der Waals surface area contributed by atoms with Gasteiger partial charge in [-0.05, 0) is 38.5 Å². The lowest BCUT2D eigenvalue weighted by atomic mass is 9.95. The van der Waals surface area contributed by atoms with Crippen LogP contribution < -0.4 is 5.32 Å². The fraction of sp³-hybridized carbons (Fsp3) is 0.684. The second-order valence-electron chi connectivity index (χ2n) is 7.96. The van der Waals surface area contributed by atoms with Crippen LogP contribution in [0.3, 0.4) is 0 Å². The summed E-state index contributed by atoms with van der Waals surface area (Å²) in [5, 5.41) is 4.22. The number of hydrogen-bond donors (Lipinski definition) is 1. The molecule has 1 aliphatic heterocycles. The molecule has 2 aromatic heterocycles. The molecule has 0 radical (unpaired) electrons. The minimum absolute atomic E-state index is 0.364. The summed E-state index contributed by atoms with van der Waals surface area (Å²) in [5.74, 6) is 1.27. The molecule has 8 heteroatoms. The number of rotatable bonds is 4. The first-order valence-electron chi connectivity index (χ1n) is 9.97. The maximum atomic E-state index is 13.5. The molecule has 148 valence electrons.